The molecule has 0 radical (unpaired) electrons. The topological polar surface area (TPSA) is 21.8 Å². The molecule has 0 N–H and O–H groups in total. The van der Waals surface area contributed by atoms with E-state index in [1.165, 1.54) is 10.4 Å². The average molecular weight is 355 g/mol. The zero-order chi connectivity index (χ0) is 18.3. The number of rotatable bonds is 5. The number of hydrogen-bond donors (Lipinski definition) is 0. The van der Waals surface area contributed by atoms with Gasteiger partial charge < -0.3 is 9.16 Å². The molecule has 0 amide bonds. The Morgan fingerprint density at radius 3 is 1.64 bits per heavy atom. The van der Waals surface area contributed by atoms with E-state index in [0.29, 0.717) is 0 Å². The zero-order valence-electron chi connectivity index (χ0n) is 16.2. The summed E-state index contributed by atoms with van der Waals surface area (Å²) in [5, 5.41) is 2.64. The van der Waals surface area contributed by atoms with E-state index in [1.54, 1.807) is 0 Å². The van der Waals surface area contributed by atoms with Crippen molar-refractivity contribution in [2.45, 2.75) is 64.4 Å². The summed E-state index contributed by atoms with van der Waals surface area (Å²) in [4.78, 5) is 0. The monoisotopic (exact) mass is 354 g/mol. The lowest BCUT2D eigenvalue weighted by Gasteiger charge is -2.44. The lowest BCUT2D eigenvalue weighted by atomic mass is 10.1. The summed E-state index contributed by atoms with van der Waals surface area (Å²) in [5.74, 6) is 0. The summed E-state index contributed by atoms with van der Waals surface area (Å²) < 4.78 is 12.9. The van der Waals surface area contributed by atoms with E-state index in [2.05, 4.69) is 102 Å². The SMILES string of the molecule is C[C@@H](O[Si](c1ccccc1)(c1ccccc1)C(C)(C)C)[C@H]1OC1(C)C. The van der Waals surface area contributed by atoms with Crippen molar-refractivity contribution in [3.8, 4) is 0 Å². The van der Waals surface area contributed by atoms with Gasteiger partial charge in [-0.05, 0) is 36.2 Å². The molecule has 0 aromatic heterocycles. The van der Waals surface area contributed by atoms with Crippen LogP contribution in [0, 0.1) is 0 Å². The number of hydrogen-bond acceptors (Lipinski definition) is 2. The largest absolute Gasteiger partial charge is 0.402 e. The first kappa shape index (κ1) is 18.4. The normalized spacial score (nSPS) is 21.0. The second-order valence-corrected chi connectivity index (χ2v) is 12.9. The molecule has 0 unspecified atom stereocenters. The zero-order valence-corrected chi connectivity index (χ0v) is 17.2. The van der Waals surface area contributed by atoms with Crippen molar-refractivity contribution in [1.29, 1.82) is 0 Å². The standard InChI is InChI=1S/C22H30O2Si/c1-17(20-22(5,6)23-20)24-25(21(2,3)4,18-13-9-7-10-14-18)19-15-11-8-12-16-19/h7-17,20H,1-6H3/t17-,20-/m1/s1. The third kappa shape index (κ3) is 3.33. The first-order chi connectivity index (χ1) is 11.7. The van der Waals surface area contributed by atoms with Crippen LogP contribution in [0.5, 0.6) is 0 Å². The summed E-state index contributed by atoms with van der Waals surface area (Å²) in [7, 11) is -2.48. The van der Waals surface area contributed by atoms with Crippen molar-refractivity contribution in [2.75, 3.05) is 0 Å². The van der Waals surface area contributed by atoms with Crippen LogP contribution in [0.4, 0.5) is 0 Å². The van der Waals surface area contributed by atoms with Gasteiger partial charge in [-0.3, -0.25) is 0 Å². The molecule has 25 heavy (non-hydrogen) atoms. The van der Waals surface area contributed by atoms with Crippen LogP contribution < -0.4 is 10.4 Å². The van der Waals surface area contributed by atoms with Gasteiger partial charge in [0.15, 0.2) is 0 Å². The van der Waals surface area contributed by atoms with Gasteiger partial charge in [0, 0.05) is 0 Å². The van der Waals surface area contributed by atoms with Gasteiger partial charge in [-0.2, -0.15) is 0 Å². The molecule has 1 saturated heterocycles. The smallest absolute Gasteiger partial charge is 0.261 e. The number of benzene rings is 2. The molecule has 0 saturated carbocycles. The van der Waals surface area contributed by atoms with Gasteiger partial charge in [0.25, 0.3) is 8.32 Å². The highest BCUT2D eigenvalue weighted by atomic mass is 28.4. The van der Waals surface area contributed by atoms with Crippen LogP contribution in [0.2, 0.25) is 5.04 Å². The molecule has 1 aliphatic rings. The van der Waals surface area contributed by atoms with Gasteiger partial charge in [-0.25, -0.2) is 0 Å². The molecule has 2 atom stereocenters. The molecule has 1 heterocycles. The van der Waals surface area contributed by atoms with Crippen LogP contribution in [-0.2, 0) is 9.16 Å². The van der Waals surface area contributed by atoms with Gasteiger partial charge in [0.1, 0.15) is 6.10 Å². The van der Waals surface area contributed by atoms with E-state index in [9.17, 15) is 0 Å². The summed E-state index contributed by atoms with van der Waals surface area (Å²) in [5.41, 5.74) is -0.0786. The molecule has 2 aromatic rings. The lowest BCUT2D eigenvalue weighted by Crippen LogP contribution is -2.68. The van der Waals surface area contributed by atoms with Gasteiger partial charge in [0.05, 0.1) is 11.7 Å². The van der Waals surface area contributed by atoms with Crippen molar-refractivity contribution >= 4 is 18.7 Å². The van der Waals surface area contributed by atoms with Gasteiger partial charge in [-0.15, -0.1) is 0 Å². The maximum Gasteiger partial charge on any atom is 0.261 e. The summed E-state index contributed by atoms with van der Waals surface area (Å²) in [6.07, 6.45) is 0.218. The molecule has 2 aromatic carbocycles. The van der Waals surface area contributed by atoms with Gasteiger partial charge >= 0.3 is 0 Å². The highest BCUT2D eigenvalue weighted by Gasteiger charge is 2.57. The van der Waals surface area contributed by atoms with Crippen molar-refractivity contribution < 1.29 is 9.16 Å². The first-order valence-electron chi connectivity index (χ1n) is 9.15. The molecule has 1 fully saturated rings. The fourth-order valence-corrected chi connectivity index (χ4v) is 8.68. The first-order valence-corrected chi connectivity index (χ1v) is 11.1. The van der Waals surface area contributed by atoms with Crippen LogP contribution in [0.25, 0.3) is 0 Å². The van der Waals surface area contributed by atoms with Crippen LogP contribution in [0.1, 0.15) is 41.5 Å². The number of ether oxygens (including phenoxy) is 1. The van der Waals surface area contributed by atoms with E-state index in [1.807, 2.05) is 0 Å². The van der Waals surface area contributed by atoms with E-state index < -0.39 is 8.32 Å². The van der Waals surface area contributed by atoms with E-state index >= 15 is 0 Å². The molecule has 1 aliphatic heterocycles. The molecule has 2 nitrogen and oxygen atoms in total. The summed E-state index contributed by atoms with van der Waals surface area (Å²) in [6, 6.07) is 21.6. The Labute approximate surface area is 153 Å². The van der Waals surface area contributed by atoms with Crippen molar-refractivity contribution in [3.05, 3.63) is 60.7 Å². The third-order valence-corrected chi connectivity index (χ3v) is 10.4. The van der Waals surface area contributed by atoms with Crippen LogP contribution >= 0.6 is 0 Å². The minimum atomic E-state index is -2.48. The molecule has 0 spiro atoms. The second kappa shape index (κ2) is 6.38. The molecule has 3 heteroatoms. The summed E-state index contributed by atoms with van der Waals surface area (Å²) in [6.45, 7) is 13.4. The maximum atomic E-state index is 7.05. The fourth-order valence-electron chi connectivity index (χ4n) is 3.99. The summed E-state index contributed by atoms with van der Waals surface area (Å²) >= 11 is 0. The molecular weight excluding hydrogens is 324 g/mol. The van der Waals surface area contributed by atoms with Gasteiger partial charge in [0.2, 0.25) is 0 Å². The Bertz CT molecular complexity index is 664. The lowest BCUT2D eigenvalue weighted by molar-refractivity contribution is 0.164. The van der Waals surface area contributed by atoms with Crippen LogP contribution in [-0.4, -0.2) is 26.1 Å². The van der Waals surface area contributed by atoms with E-state index in [4.69, 9.17) is 9.16 Å². The Morgan fingerprint density at radius 2 is 1.32 bits per heavy atom. The van der Waals surface area contributed by atoms with Crippen molar-refractivity contribution in [2.24, 2.45) is 0 Å². The maximum absolute atomic E-state index is 7.05. The molecule has 134 valence electrons. The molecule has 0 aliphatic carbocycles. The minimum absolute atomic E-state index is 0.00298. The van der Waals surface area contributed by atoms with E-state index in [0.717, 1.165) is 0 Å². The predicted octanol–water partition coefficient (Wildman–Crippen LogP) is 4.13. The number of epoxide rings is 1. The predicted molar refractivity (Wildman–Crippen MR) is 107 cm³/mol. The average Bonchev–Trinajstić information content (AvgIpc) is 3.21. The van der Waals surface area contributed by atoms with Crippen LogP contribution in [0.3, 0.4) is 0 Å². The quantitative estimate of drug-likeness (QED) is 0.595. The van der Waals surface area contributed by atoms with Crippen molar-refractivity contribution in [3.63, 3.8) is 0 Å². The molecule has 3 rings (SSSR count). The Balaban J connectivity index is 2.12. The fraction of sp³-hybridized carbons (Fsp3) is 0.455. The highest BCUT2D eigenvalue weighted by Crippen LogP contribution is 2.43. The third-order valence-electron chi connectivity index (χ3n) is 5.26. The second-order valence-electron chi connectivity index (χ2n) is 8.63. The van der Waals surface area contributed by atoms with Crippen molar-refractivity contribution in [1.82, 2.24) is 0 Å². The minimum Gasteiger partial charge on any atom is -0.402 e. The highest BCUT2D eigenvalue weighted by molar-refractivity contribution is 6.99. The van der Waals surface area contributed by atoms with E-state index in [-0.39, 0.29) is 22.8 Å². The van der Waals surface area contributed by atoms with Gasteiger partial charge in [-0.1, -0.05) is 81.4 Å². The Hall–Kier alpha value is -1.42. The Morgan fingerprint density at radius 1 is 0.920 bits per heavy atom. The Kier molecular flexibility index (Phi) is 4.69. The van der Waals surface area contributed by atoms with Crippen LogP contribution in [0.15, 0.2) is 60.7 Å². The molecular formula is C22H30O2Si. The molecule has 0 bridgehead atoms.